The van der Waals surface area contributed by atoms with Gasteiger partial charge in [-0.05, 0) is 18.6 Å². The standard InChI is InChI=1S/C11H12N4/c1-9-4-10(6-13-5-9)15-8-11-7-12-2-3-14-11/h2-7,15H,8H2,1H3. The predicted octanol–water partition coefficient (Wildman–Crippen LogP) is 1.79. The second-order valence-electron chi connectivity index (χ2n) is 3.30. The average molecular weight is 200 g/mol. The lowest BCUT2D eigenvalue weighted by atomic mass is 10.3. The third-order valence-corrected chi connectivity index (χ3v) is 1.97. The summed E-state index contributed by atoms with van der Waals surface area (Å²) >= 11 is 0. The van der Waals surface area contributed by atoms with Crippen molar-refractivity contribution in [2.75, 3.05) is 5.32 Å². The number of aromatic nitrogens is 3. The number of rotatable bonds is 3. The monoisotopic (exact) mass is 200 g/mol. The van der Waals surface area contributed by atoms with E-state index in [1.807, 2.05) is 19.2 Å². The second kappa shape index (κ2) is 4.50. The van der Waals surface area contributed by atoms with Gasteiger partial charge in [-0.25, -0.2) is 0 Å². The van der Waals surface area contributed by atoms with Crippen LogP contribution in [-0.4, -0.2) is 15.0 Å². The van der Waals surface area contributed by atoms with Crippen molar-refractivity contribution in [2.24, 2.45) is 0 Å². The highest BCUT2D eigenvalue weighted by molar-refractivity contribution is 5.42. The highest BCUT2D eigenvalue weighted by Crippen LogP contribution is 2.07. The molecule has 0 aliphatic rings. The fourth-order valence-corrected chi connectivity index (χ4v) is 1.27. The third-order valence-electron chi connectivity index (χ3n) is 1.97. The lowest BCUT2D eigenvalue weighted by Gasteiger charge is -2.05. The molecule has 0 aliphatic carbocycles. The topological polar surface area (TPSA) is 50.7 Å². The molecule has 0 spiro atoms. The van der Waals surface area contributed by atoms with Gasteiger partial charge in [0.2, 0.25) is 0 Å². The van der Waals surface area contributed by atoms with Gasteiger partial charge in [0.25, 0.3) is 0 Å². The molecule has 1 N–H and O–H groups in total. The van der Waals surface area contributed by atoms with E-state index in [-0.39, 0.29) is 0 Å². The van der Waals surface area contributed by atoms with Crippen LogP contribution in [0, 0.1) is 6.92 Å². The minimum Gasteiger partial charge on any atom is -0.378 e. The molecule has 2 aromatic rings. The molecular formula is C11H12N4. The van der Waals surface area contributed by atoms with E-state index in [0.29, 0.717) is 6.54 Å². The van der Waals surface area contributed by atoms with Gasteiger partial charge in [-0.1, -0.05) is 0 Å². The first-order valence-electron chi connectivity index (χ1n) is 4.75. The van der Waals surface area contributed by atoms with E-state index in [1.165, 1.54) is 0 Å². The predicted molar refractivity (Wildman–Crippen MR) is 58.3 cm³/mol. The first-order valence-corrected chi connectivity index (χ1v) is 4.75. The number of nitrogens with zero attached hydrogens (tertiary/aromatic N) is 3. The van der Waals surface area contributed by atoms with Crippen molar-refractivity contribution in [1.29, 1.82) is 0 Å². The molecule has 0 saturated carbocycles. The van der Waals surface area contributed by atoms with Gasteiger partial charge >= 0.3 is 0 Å². The molecule has 0 fully saturated rings. The zero-order chi connectivity index (χ0) is 10.5. The number of hydrogen-bond acceptors (Lipinski definition) is 4. The number of aryl methyl sites for hydroxylation is 1. The molecule has 0 aromatic carbocycles. The minimum absolute atomic E-state index is 0.666. The van der Waals surface area contributed by atoms with Crippen LogP contribution in [0.2, 0.25) is 0 Å². The molecule has 0 bridgehead atoms. The van der Waals surface area contributed by atoms with E-state index in [2.05, 4.69) is 20.3 Å². The van der Waals surface area contributed by atoms with Crippen molar-refractivity contribution in [3.05, 3.63) is 48.3 Å². The van der Waals surface area contributed by atoms with Crippen LogP contribution in [0.3, 0.4) is 0 Å². The quantitative estimate of drug-likeness (QED) is 0.820. The fraction of sp³-hybridized carbons (Fsp3) is 0.182. The van der Waals surface area contributed by atoms with Crippen LogP contribution in [0.4, 0.5) is 5.69 Å². The summed E-state index contributed by atoms with van der Waals surface area (Å²) in [4.78, 5) is 12.3. The zero-order valence-corrected chi connectivity index (χ0v) is 8.51. The Labute approximate surface area is 88.4 Å². The highest BCUT2D eigenvalue weighted by Gasteiger charge is 1.95. The normalized spacial score (nSPS) is 9.93. The molecule has 2 aromatic heterocycles. The summed E-state index contributed by atoms with van der Waals surface area (Å²) in [5, 5.41) is 3.24. The molecular weight excluding hydrogens is 188 g/mol. The minimum atomic E-state index is 0.666. The van der Waals surface area contributed by atoms with Crippen LogP contribution in [0.1, 0.15) is 11.3 Å². The van der Waals surface area contributed by atoms with E-state index < -0.39 is 0 Å². The summed E-state index contributed by atoms with van der Waals surface area (Å²) in [6.45, 7) is 2.68. The van der Waals surface area contributed by atoms with E-state index in [0.717, 1.165) is 16.9 Å². The molecule has 0 amide bonds. The first-order chi connectivity index (χ1) is 7.34. The smallest absolute Gasteiger partial charge is 0.0777 e. The third kappa shape index (κ3) is 2.74. The Hall–Kier alpha value is -1.97. The maximum Gasteiger partial charge on any atom is 0.0777 e. The average Bonchev–Trinajstić information content (AvgIpc) is 2.28. The summed E-state index contributed by atoms with van der Waals surface area (Å²) < 4.78 is 0. The van der Waals surface area contributed by atoms with Gasteiger partial charge in [0.1, 0.15) is 0 Å². The Morgan fingerprint density at radius 1 is 1.13 bits per heavy atom. The van der Waals surface area contributed by atoms with E-state index >= 15 is 0 Å². The summed E-state index contributed by atoms with van der Waals surface area (Å²) in [6, 6.07) is 2.05. The Balaban J connectivity index is 1.99. The summed E-state index contributed by atoms with van der Waals surface area (Å²) in [6.07, 6.45) is 8.72. The summed E-state index contributed by atoms with van der Waals surface area (Å²) in [7, 11) is 0. The van der Waals surface area contributed by atoms with Crippen molar-refractivity contribution in [1.82, 2.24) is 15.0 Å². The Kier molecular flexibility index (Phi) is 2.88. The molecule has 0 saturated heterocycles. The van der Waals surface area contributed by atoms with Gasteiger partial charge in [0.15, 0.2) is 0 Å². The van der Waals surface area contributed by atoms with Crippen LogP contribution in [0.5, 0.6) is 0 Å². The lowest BCUT2D eigenvalue weighted by Crippen LogP contribution is -2.02. The molecule has 2 rings (SSSR count). The SMILES string of the molecule is Cc1cncc(NCc2cnccn2)c1. The highest BCUT2D eigenvalue weighted by atomic mass is 14.9. The fourth-order valence-electron chi connectivity index (χ4n) is 1.27. The van der Waals surface area contributed by atoms with Crippen LogP contribution >= 0.6 is 0 Å². The van der Waals surface area contributed by atoms with E-state index in [4.69, 9.17) is 0 Å². The number of hydrogen-bond donors (Lipinski definition) is 1. The Bertz CT molecular complexity index is 428. The van der Waals surface area contributed by atoms with Gasteiger partial charge in [0.05, 0.1) is 24.1 Å². The van der Waals surface area contributed by atoms with Crippen molar-refractivity contribution in [2.45, 2.75) is 13.5 Å². The van der Waals surface area contributed by atoms with E-state index in [9.17, 15) is 0 Å². The van der Waals surface area contributed by atoms with Gasteiger partial charge in [-0.15, -0.1) is 0 Å². The number of anilines is 1. The largest absolute Gasteiger partial charge is 0.378 e. The second-order valence-corrected chi connectivity index (χ2v) is 3.30. The van der Waals surface area contributed by atoms with E-state index in [1.54, 1.807) is 24.8 Å². The zero-order valence-electron chi connectivity index (χ0n) is 8.51. The van der Waals surface area contributed by atoms with Crippen LogP contribution in [0.15, 0.2) is 37.1 Å². The van der Waals surface area contributed by atoms with Gasteiger partial charge < -0.3 is 5.32 Å². The summed E-state index contributed by atoms with van der Waals surface area (Å²) in [5.74, 6) is 0. The molecule has 0 unspecified atom stereocenters. The Morgan fingerprint density at radius 3 is 2.80 bits per heavy atom. The van der Waals surface area contributed by atoms with Crippen LogP contribution in [0.25, 0.3) is 0 Å². The maximum atomic E-state index is 4.17. The van der Waals surface area contributed by atoms with Crippen molar-refractivity contribution in [3.8, 4) is 0 Å². The lowest BCUT2D eigenvalue weighted by molar-refractivity contribution is 1.01. The molecule has 15 heavy (non-hydrogen) atoms. The van der Waals surface area contributed by atoms with Gasteiger partial charge in [-0.3, -0.25) is 15.0 Å². The maximum absolute atomic E-state index is 4.17. The number of pyridine rings is 1. The molecule has 0 aliphatic heterocycles. The molecule has 76 valence electrons. The molecule has 4 nitrogen and oxygen atoms in total. The molecule has 0 radical (unpaired) electrons. The van der Waals surface area contributed by atoms with Crippen LogP contribution < -0.4 is 5.32 Å². The van der Waals surface area contributed by atoms with Crippen molar-refractivity contribution in [3.63, 3.8) is 0 Å². The van der Waals surface area contributed by atoms with Crippen LogP contribution in [-0.2, 0) is 6.54 Å². The summed E-state index contributed by atoms with van der Waals surface area (Å²) in [5.41, 5.74) is 3.05. The van der Waals surface area contributed by atoms with Crippen molar-refractivity contribution < 1.29 is 0 Å². The first kappa shape index (κ1) is 9.58. The molecule has 2 heterocycles. The molecule has 4 heteroatoms. The van der Waals surface area contributed by atoms with Gasteiger partial charge in [-0.2, -0.15) is 0 Å². The number of nitrogens with one attached hydrogen (secondary N) is 1. The van der Waals surface area contributed by atoms with Crippen molar-refractivity contribution >= 4 is 5.69 Å². The Morgan fingerprint density at radius 2 is 2.07 bits per heavy atom. The van der Waals surface area contributed by atoms with Gasteiger partial charge in [0, 0.05) is 24.8 Å². The molecule has 0 atom stereocenters.